The highest BCUT2D eigenvalue weighted by atomic mass is 16.3. The van der Waals surface area contributed by atoms with Gasteiger partial charge in [0.05, 0.1) is 11.0 Å². The minimum Gasteiger partial charge on any atom is -0.456 e. The van der Waals surface area contributed by atoms with Gasteiger partial charge in [-0.15, -0.1) is 0 Å². The van der Waals surface area contributed by atoms with E-state index in [2.05, 4.69) is 217 Å². The third-order valence-corrected chi connectivity index (χ3v) is 14.4. The lowest BCUT2D eigenvalue weighted by atomic mass is 9.82. The van der Waals surface area contributed by atoms with Crippen molar-refractivity contribution in [3.63, 3.8) is 0 Å². The van der Waals surface area contributed by atoms with E-state index in [-0.39, 0.29) is 5.41 Å². The first-order chi connectivity index (χ1) is 33.0. The van der Waals surface area contributed by atoms with Gasteiger partial charge in [-0.3, -0.25) is 0 Å². The molecule has 4 heteroatoms. The number of hydrogen-bond acceptors (Lipinski definition) is 3. The number of anilines is 3. The van der Waals surface area contributed by atoms with Crippen LogP contribution in [0, 0.1) is 0 Å². The van der Waals surface area contributed by atoms with Gasteiger partial charge in [0.1, 0.15) is 22.3 Å². The van der Waals surface area contributed by atoms with Crippen molar-refractivity contribution in [1.29, 1.82) is 0 Å². The summed E-state index contributed by atoms with van der Waals surface area (Å²) in [7, 11) is 0. The smallest absolute Gasteiger partial charge is 0.143 e. The molecular weight excluding hydrogens is 817 g/mol. The van der Waals surface area contributed by atoms with Crippen molar-refractivity contribution in [3.05, 3.63) is 230 Å². The zero-order chi connectivity index (χ0) is 44.4. The molecule has 10 aromatic carbocycles. The molecule has 0 saturated carbocycles. The monoisotopic (exact) mass is 858 g/mol. The minimum atomic E-state index is -0.127. The predicted octanol–water partition coefficient (Wildman–Crippen LogP) is 17.7. The second kappa shape index (κ2) is 14.2. The van der Waals surface area contributed by atoms with Gasteiger partial charge >= 0.3 is 0 Å². The fourth-order valence-electron chi connectivity index (χ4n) is 11.1. The highest BCUT2D eigenvalue weighted by molar-refractivity contribution is 6.17. The van der Waals surface area contributed by atoms with Crippen LogP contribution in [0.2, 0.25) is 0 Å². The molecule has 0 bridgehead atoms. The Morgan fingerprint density at radius 3 is 1.69 bits per heavy atom. The molecule has 0 spiro atoms. The van der Waals surface area contributed by atoms with E-state index in [1.807, 2.05) is 24.3 Å². The van der Waals surface area contributed by atoms with E-state index < -0.39 is 0 Å². The maximum atomic E-state index is 6.46. The third-order valence-electron chi connectivity index (χ3n) is 14.4. The highest BCUT2D eigenvalue weighted by Crippen LogP contribution is 2.51. The maximum Gasteiger partial charge on any atom is 0.143 e. The lowest BCUT2D eigenvalue weighted by molar-refractivity contribution is 0.660. The molecule has 3 aromatic heterocycles. The summed E-state index contributed by atoms with van der Waals surface area (Å²) in [5.74, 6) is 0. The zero-order valence-corrected chi connectivity index (χ0v) is 37.0. The predicted molar refractivity (Wildman–Crippen MR) is 278 cm³/mol. The highest BCUT2D eigenvalue weighted by Gasteiger charge is 2.35. The SMILES string of the molecule is CC1(C)c2ccccc2-c2ccc(N(c3ccc(-c4ccc(-n5c6ccccc6c6cc7c(cc65)oc5ccccc57)cc4)cc3)c3ccc(-c4cccc5c4oc4ccccc45)cc3)cc21. The van der Waals surface area contributed by atoms with Crippen LogP contribution in [0.25, 0.3) is 105 Å². The van der Waals surface area contributed by atoms with Crippen LogP contribution in [0.3, 0.4) is 0 Å². The summed E-state index contributed by atoms with van der Waals surface area (Å²) in [5, 5.41) is 6.99. The molecular formula is C63H42N2O2. The van der Waals surface area contributed by atoms with Crippen LogP contribution >= 0.6 is 0 Å². The Balaban J connectivity index is 0.843. The van der Waals surface area contributed by atoms with Gasteiger partial charge in [-0.25, -0.2) is 0 Å². The summed E-state index contributed by atoms with van der Waals surface area (Å²) in [5.41, 5.74) is 20.0. The first kappa shape index (κ1) is 37.7. The van der Waals surface area contributed by atoms with Gasteiger partial charge in [-0.2, -0.15) is 0 Å². The second-order valence-corrected chi connectivity index (χ2v) is 18.5. The lowest BCUT2D eigenvalue weighted by Crippen LogP contribution is -2.16. The van der Waals surface area contributed by atoms with E-state index in [9.17, 15) is 0 Å². The van der Waals surface area contributed by atoms with Crippen molar-refractivity contribution >= 4 is 82.7 Å². The van der Waals surface area contributed by atoms with E-state index >= 15 is 0 Å². The number of benzene rings is 10. The molecule has 0 amide bonds. The number of para-hydroxylation sites is 4. The van der Waals surface area contributed by atoms with E-state index in [4.69, 9.17) is 8.83 Å². The summed E-state index contributed by atoms with van der Waals surface area (Å²) >= 11 is 0. The van der Waals surface area contributed by atoms with Crippen molar-refractivity contribution in [2.75, 3.05) is 4.90 Å². The summed E-state index contributed by atoms with van der Waals surface area (Å²) in [6, 6.07) is 78.9. The molecule has 0 unspecified atom stereocenters. The van der Waals surface area contributed by atoms with Gasteiger partial charge in [0, 0.05) is 72.1 Å². The second-order valence-electron chi connectivity index (χ2n) is 18.5. The van der Waals surface area contributed by atoms with Gasteiger partial charge in [0.15, 0.2) is 0 Å². The molecule has 1 aliphatic rings. The van der Waals surface area contributed by atoms with Crippen LogP contribution in [-0.4, -0.2) is 4.57 Å². The van der Waals surface area contributed by atoms with Crippen molar-refractivity contribution < 1.29 is 8.83 Å². The van der Waals surface area contributed by atoms with Gasteiger partial charge in [-0.05, 0) is 112 Å². The van der Waals surface area contributed by atoms with E-state index in [0.717, 1.165) is 94.4 Å². The van der Waals surface area contributed by atoms with Crippen LogP contribution in [-0.2, 0) is 5.41 Å². The van der Waals surface area contributed by atoms with Gasteiger partial charge in [0.25, 0.3) is 0 Å². The van der Waals surface area contributed by atoms with Crippen LogP contribution in [0.1, 0.15) is 25.0 Å². The number of furan rings is 2. The van der Waals surface area contributed by atoms with Gasteiger partial charge in [-0.1, -0.05) is 153 Å². The lowest BCUT2D eigenvalue weighted by Gasteiger charge is -2.28. The maximum absolute atomic E-state index is 6.46. The standard InChI is InChI=1S/C63H42N2O2/c1-63(2)55-18-7-3-12-47(55)48-35-34-45(36-56(48)63)64(43-32-26-41(27-33-43)46-16-11-17-52-50-14-5-10-21-60(50)67-62(46)52)42-28-22-39(23-29-42)40-24-30-44(31-25-40)65-57-19-8-4-13-49(57)53-37-54-51-15-6-9-20-59(51)66-61(54)38-58(53)65/h3-38H,1-2H3. The van der Waals surface area contributed by atoms with Crippen molar-refractivity contribution in [3.8, 4) is 39.1 Å². The molecule has 316 valence electrons. The largest absolute Gasteiger partial charge is 0.456 e. The molecule has 14 rings (SSSR count). The Hall–Kier alpha value is -8.60. The molecule has 0 atom stereocenters. The normalized spacial score (nSPS) is 13.0. The molecule has 67 heavy (non-hydrogen) atoms. The Morgan fingerprint density at radius 2 is 0.925 bits per heavy atom. The van der Waals surface area contributed by atoms with Crippen molar-refractivity contribution in [1.82, 2.24) is 4.57 Å². The minimum absolute atomic E-state index is 0.127. The summed E-state index contributed by atoms with van der Waals surface area (Å²) in [6.07, 6.45) is 0. The third kappa shape index (κ3) is 5.66. The number of aromatic nitrogens is 1. The summed E-state index contributed by atoms with van der Waals surface area (Å²) in [6.45, 7) is 4.69. The molecule has 13 aromatic rings. The first-order valence-electron chi connectivity index (χ1n) is 23.1. The average molecular weight is 859 g/mol. The van der Waals surface area contributed by atoms with E-state index in [0.29, 0.717) is 0 Å². The molecule has 0 aliphatic heterocycles. The Morgan fingerprint density at radius 1 is 0.358 bits per heavy atom. The van der Waals surface area contributed by atoms with Crippen molar-refractivity contribution in [2.24, 2.45) is 0 Å². The number of rotatable bonds is 6. The molecule has 0 N–H and O–H groups in total. The molecule has 3 heterocycles. The fourth-order valence-corrected chi connectivity index (χ4v) is 11.1. The van der Waals surface area contributed by atoms with Crippen LogP contribution < -0.4 is 4.90 Å². The quantitative estimate of drug-likeness (QED) is 0.167. The molecule has 4 nitrogen and oxygen atoms in total. The van der Waals surface area contributed by atoms with Gasteiger partial charge < -0.3 is 18.3 Å². The zero-order valence-electron chi connectivity index (χ0n) is 37.0. The van der Waals surface area contributed by atoms with Gasteiger partial charge in [0.2, 0.25) is 0 Å². The van der Waals surface area contributed by atoms with E-state index in [1.54, 1.807) is 0 Å². The topological polar surface area (TPSA) is 34.5 Å². The molecule has 0 radical (unpaired) electrons. The Labute approximate surface area is 387 Å². The summed E-state index contributed by atoms with van der Waals surface area (Å²) < 4.78 is 15.2. The molecule has 1 aliphatic carbocycles. The number of hydrogen-bond donors (Lipinski definition) is 0. The van der Waals surface area contributed by atoms with E-state index in [1.165, 1.54) is 38.5 Å². The molecule has 0 fully saturated rings. The Bertz CT molecular complexity index is 4110. The Kier molecular flexibility index (Phi) is 8.00. The number of nitrogens with zero attached hydrogens (tertiary/aromatic N) is 2. The van der Waals surface area contributed by atoms with Crippen LogP contribution in [0.15, 0.2) is 227 Å². The molecule has 0 saturated heterocycles. The fraction of sp³-hybridized carbons (Fsp3) is 0.0476. The van der Waals surface area contributed by atoms with Crippen LogP contribution in [0.4, 0.5) is 17.1 Å². The first-order valence-corrected chi connectivity index (χ1v) is 23.1. The van der Waals surface area contributed by atoms with Crippen molar-refractivity contribution in [2.45, 2.75) is 19.3 Å². The number of fused-ring (bicyclic) bond motifs is 12. The summed E-state index contributed by atoms with van der Waals surface area (Å²) in [4.78, 5) is 2.39. The average Bonchev–Trinajstić information content (AvgIpc) is 4.10. The van der Waals surface area contributed by atoms with Crippen LogP contribution in [0.5, 0.6) is 0 Å².